The van der Waals surface area contributed by atoms with E-state index in [0.717, 1.165) is 6.07 Å². The lowest BCUT2D eigenvalue weighted by molar-refractivity contribution is 0.0785. The van der Waals surface area contributed by atoms with Crippen LogP contribution in [0.4, 0.5) is 14.5 Å². The van der Waals surface area contributed by atoms with E-state index in [-0.39, 0.29) is 23.6 Å². The third kappa shape index (κ3) is 3.12. The van der Waals surface area contributed by atoms with Crippen LogP contribution in [0.15, 0.2) is 42.5 Å². The van der Waals surface area contributed by atoms with Crippen LogP contribution >= 0.6 is 0 Å². The second-order valence-electron chi connectivity index (χ2n) is 4.52. The van der Waals surface area contributed by atoms with E-state index in [4.69, 9.17) is 5.73 Å². The lowest BCUT2D eigenvalue weighted by atomic mass is 10.1. The molecular formula is C15H14F2N2O. The highest BCUT2D eigenvalue weighted by molar-refractivity contribution is 5.98. The minimum Gasteiger partial charge on any atom is -0.398 e. The first-order chi connectivity index (χ1) is 9.47. The molecule has 0 aliphatic heterocycles. The molecule has 2 rings (SSSR count). The molecule has 0 fully saturated rings. The van der Waals surface area contributed by atoms with Crippen molar-refractivity contribution < 1.29 is 13.6 Å². The molecule has 0 aliphatic carbocycles. The SMILES string of the molecule is CN(Cc1cccc(F)c1)C(=O)c1cc(F)ccc1N. The fraction of sp³-hybridized carbons (Fsp3) is 0.133. The summed E-state index contributed by atoms with van der Waals surface area (Å²) in [5.74, 6) is -1.30. The van der Waals surface area contributed by atoms with E-state index in [1.165, 1.54) is 29.2 Å². The first-order valence-corrected chi connectivity index (χ1v) is 6.02. The first kappa shape index (κ1) is 14.0. The monoisotopic (exact) mass is 276 g/mol. The fourth-order valence-electron chi connectivity index (χ4n) is 1.90. The van der Waals surface area contributed by atoms with Crippen LogP contribution in [-0.4, -0.2) is 17.9 Å². The lowest BCUT2D eigenvalue weighted by Crippen LogP contribution is -2.27. The summed E-state index contributed by atoms with van der Waals surface area (Å²) in [6, 6.07) is 9.59. The molecule has 0 heterocycles. The summed E-state index contributed by atoms with van der Waals surface area (Å²) in [4.78, 5) is 13.6. The number of carbonyl (C=O) groups excluding carboxylic acids is 1. The van der Waals surface area contributed by atoms with E-state index in [9.17, 15) is 13.6 Å². The van der Waals surface area contributed by atoms with Gasteiger partial charge in [-0.2, -0.15) is 0 Å². The van der Waals surface area contributed by atoms with Crippen molar-refractivity contribution in [1.29, 1.82) is 0 Å². The Morgan fingerprint density at radius 1 is 1.15 bits per heavy atom. The van der Waals surface area contributed by atoms with Crippen LogP contribution in [0.5, 0.6) is 0 Å². The number of anilines is 1. The van der Waals surface area contributed by atoms with Crippen molar-refractivity contribution in [1.82, 2.24) is 4.90 Å². The number of nitrogens with two attached hydrogens (primary N) is 1. The summed E-state index contributed by atoms with van der Waals surface area (Å²) in [5.41, 5.74) is 6.63. The van der Waals surface area contributed by atoms with Crippen LogP contribution in [0.2, 0.25) is 0 Å². The summed E-state index contributed by atoms with van der Waals surface area (Å²) in [6.45, 7) is 0.215. The molecule has 0 aromatic heterocycles. The van der Waals surface area contributed by atoms with Gasteiger partial charge < -0.3 is 10.6 Å². The number of amides is 1. The highest BCUT2D eigenvalue weighted by atomic mass is 19.1. The highest BCUT2D eigenvalue weighted by Gasteiger charge is 2.16. The molecule has 0 spiro atoms. The fourth-order valence-corrected chi connectivity index (χ4v) is 1.90. The van der Waals surface area contributed by atoms with Gasteiger partial charge in [-0.15, -0.1) is 0 Å². The smallest absolute Gasteiger partial charge is 0.256 e. The van der Waals surface area contributed by atoms with Gasteiger partial charge in [0.2, 0.25) is 0 Å². The van der Waals surface area contributed by atoms with Gasteiger partial charge in [-0.25, -0.2) is 8.78 Å². The van der Waals surface area contributed by atoms with Crippen LogP contribution in [0.25, 0.3) is 0 Å². The Morgan fingerprint density at radius 3 is 2.55 bits per heavy atom. The maximum absolute atomic E-state index is 13.2. The van der Waals surface area contributed by atoms with E-state index in [1.807, 2.05) is 0 Å². The molecule has 2 N–H and O–H groups in total. The van der Waals surface area contributed by atoms with Crippen molar-refractivity contribution >= 4 is 11.6 Å². The quantitative estimate of drug-likeness (QED) is 0.876. The standard InChI is InChI=1S/C15H14F2N2O/c1-19(9-10-3-2-4-11(16)7-10)15(20)13-8-12(17)5-6-14(13)18/h2-8H,9,18H2,1H3. The van der Waals surface area contributed by atoms with Gasteiger partial charge >= 0.3 is 0 Å². The predicted molar refractivity (Wildman–Crippen MR) is 73.0 cm³/mol. The average molecular weight is 276 g/mol. The van der Waals surface area contributed by atoms with Crippen LogP contribution in [0, 0.1) is 11.6 Å². The Labute approximate surface area is 115 Å². The molecule has 20 heavy (non-hydrogen) atoms. The van der Waals surface area contributed by atoms with Gasteiger partial charge in [0.15, 0.2) is 0 Å². The number of hydrogen-bond acceptors (Lipinski definition) is 2. The Hall–Kier alpha value is -2.43. The molecule has 0 bridgehead atoms. The molecule has 2 aromatic rings. The summed E-state index contributed by atoms with van der Waals surface area (Å²) < 4.78 is 26.3. The maximum Gasteiger partial charge on any atom is 0.256 e. The molecule has 0 aliphatic rings. The minimum absolute atomic E-state index is 0.101. The summed E-state index contributed by atoms with van der Waals surface area (Å²) >= 11 is 0. The second kappa shape index (κ2) is 5.69. The summed E-state index contributed by atoms with van der Waals surface area (Å²) in [6.07, 6.45) is 0. The molecule has 0 saturated carbocycles. The van der Waals surface area contributed by atoms with Gasteiger partial charge in [-0.1, -0.05) is 12.1 Å². The van der Waals surface area contributed by atoms with Gasteiger partial charge in [0.25, 0.3) is 5.91 Å². The Kier molecular flexibility index (Phi) is 3.98. The van der Waals surface area contributed by atoms with E-state index in [0.29, 0.717) is 5.56 Å². The molecule has 104 valence electrons. The molecule has 0 unspecified atom stereocenters. The third-order valence-electron chi connectivity index (χ3n) is 2.90. The predicted octanol–water partition coefficient (Wildman–Crippen LogP) is 2.82. The van der Waals surface area contributed by atoms with Gasteiger partial charge in [-0.05, 0) is 35.9 Å². The highest BCUT2D eigenvalue weighted by Crippen LogP contribution is 2.16. The van der Waals surface area contributed by atoms with Crippen molar-refractivity contribution in [2.45, 2.75) is 6.54 Å². The van der Waals surface area contributed by atoms with Crippen molar-refractivity contribution in [2.24, 2.45) is 0 Å². The van der Waals surface area contributed by atoms with Gasteiger partial charge in [-0.3, -0.25) is 4.79 Å². The maximum atomic E-state index is 13.2. The normalized spacial score (nSPS) is 10.3. The van der Waals surface area contributed by atoms with Crippen LogP contribution in [-0.2, 0) is 6.54 Å². The Bertz CT molecular complexity index is 644. The zero-order valence-electron chi connectivity index (χ0n) is 10.9. The van der Waals surface area contributed by atoms with Crippen molar-refractivity contribution in [3.8, 4) is 0 Å². The molecule has 0 saturated heterocycles. The Morgan fingerprint density at radius 2 is 1.85 bits per heavy atom. The summed E-state index contributed by atoms with van der Waals surface area (Å²) in [7, 11) is 1.55. The zero-order valence-corrected chi connectivity index (χ0v) is 10.9. The molecule has 2 aromatic carbocycles. The number of benzene rings is 2. The number of hydrogen-bond donors (Lipinski definition) is 1. The number of nitrogen functional groups attached to an aromatic ring is 1. The minimum atomic E-state index is -0.526. The lowest BCUT2D eigenvalue weighted by Gasteiger charge is -2.18. The van der Waals surface area contributed by atoms with Crippen LogP contribution < -0.4 is 5.73 Å². The molecule has 1 amide bonds. The van der Waals surface area contributed by atoms with Crippen molar-refractivity contribution in [3.63, 3.8) is 0 Å². The molecule has 3 nitrogen and oxygen atoms in total. The Balaban J connectivity index is 2.18. The third-order valence-corrected chi connectivity index (χ3v) is 2.90. The molecular weight excluding hydrogens is 262 g/mol. The molecule has 5 heteroatoms. The first-order valence-electron chi connectivity index (χ1n) is 6.02. The van der Waals surface area contributed by atoms with Crippen LogP contribution in [0.1, 0.15) is 15.9 Å². The molecule has 0 radical (unpaired) electrons. The largest absolute Gasteiger partial charge is 0.398 e. The van der Waals surface area contributed by atoms with Gasteiger partial charge in [0.05, 0.1) is 5.56 Å². The average Bonchev–Trinajstić information content (AvgIpc) is 2.40. The number of nitrogens with zero attached hydrogens (tertiary/aromatic N) is 1. The van der Waals surface area contributed by atoms with Crippen molar-refractivity contribution in [3.05, 3.63) is 65.2 Å². The van der Waals surface area contributed by atoms with E-state index in [1.54, 1.807) is 19.2 Å². The topological polar surface area (TPSA) is 46.3 Å². The zero-order chi connectivity index (χ0) is 14.7. The number of rotatable bonds is 3. The van der Waals surface area contributed by atoms with E-state index in [2.05, 4.69) is 0 Å². The van der Waals surface area contributed by atoms with Gasteiger partial charge in [0, 0.05) is 19.3 Å². The second-order valence-corrected chi connectivity index (χ2v) is 4.52. The van der Waals surface area contributed by atoms with Crippen molar-refractivity contribution in [2.75, 3.05) is 12.8 Å². The van der Waals surface area contributed by atoms with Gasteiger partial charge in [0.1, 0.15) is 11.6 Å². The molecule has 0 atom stereocenters. The number of carbonyl (C=O) groups is 1. The summed E-state index contributed by atoms with van der Waals surface area (Å²) in [5, 5.41) is 0. The number of halogens is 2. The van der Waals surface area contributed by atoms with E-state index < -0.39 is 11.7 Å². The van der Waals surface area contributed by atoms with Crippen LogP contribution in [0.3, 0.4) is 0 Å². The van der Waals surface area contributed by atoms with E-state index >= 15 is 0 Å².